The lowest BCUT2D eigenvalue weighted by Crippen LogP contribution is -2.07. The number of rotatable bonds is 7. The van der Waals surface area contributed by atoms with Crippen LogP contribution in [0.3, 0.4) is 0 Å². The summed E-state index contributed by atoms with van der Waals surface area (Å²) >= 11 is 2.33. The second-order valence-electron chi connectivity index (χ2n) is 6.46. The summed E-state index contributed by atoms with van der Waals surface area (Å²) in [5, 5.41) is 4.10. The summed E-state index contributed by atoms with van der Waals surface area (Å²) < 4.78 is 27.5. The van der Waals surface area contributed by atoms with Crippen LogP contribution in [0.2, 0.25) is 0 Å². The van der Waals surface area contributed by atoms with E-state index in [1.54, 1.807) is 0 Å². The first-order chi connectivity index (χ1) is 14.5. The van der Waals surface area contributed by atoms with Gasteiger partial charge in [0, 0.05) is 23.5 Å². The number of anilines is 2. The van der Waals surface area contributed by atoms with Crippen LogP contribution in [0, 0.1) is 11.6 Å². The molecule has 4 rings (SSSR count). The molecule has 2 aromatic heterocycles. The van der Waals surface area contributed by atoms with E-state index >= 15 is 0 Å². The van der Waals surface area contributed by atoms with E-state index in [0.717, 1.165) is 35.5 Å². The number of thioether (sulfide) groups is 1. The Morgan fingerprint density at radius 2 is 1.93 bits per heavy atom. The van der Waals surface area contributed by atoms with Gasteiger partial charge in [-0.15, -0.1) is 0 Å². The van der Waals surface area contributed by atoms with Gasteiger partial charge in [0.1, 0.15) is 4.70 Å². The predicted octanol–water partition coefficient (Wildman–Crippen LogP) is 4.19. The number of hydrogen-bond acceptors (Lipinski definition) is 7. The quantitative estimate of drug-likeness (QED) is 0.224. The van der Waals surface area contributed by atoms with Crippen molar-refractivity contribution in [1.82, 2.24) is 15.0 Å². The zero-order valence-corrected chi connectivity index (χ0v) is 17.2. The molecule has 4 aromatic rings. The van der Waals surface area contributed by atoms with Gasteiger partial charge in [-0.2, -0.15) is 4.98 Å². The third-order valence-corrected chi connectivity index (χ3v) is 6.23. The van der Waals surface area contributed by atoms with Crippen LogP contribution in [0.25, 0.3) is 10.3 Å². The summed E-state index contributed by atoms with van der Waals surface area (Å²) in [5.41, 5.74) is 7.75. The monoisotopic (exact) mass is 445 g/mol. The SMILES string of the molecule is Nc1ccc(CCNc2nc3nc(SCc4cccc(F)c4F)[nH]c(=O)c3s2)cc1. The molecular formula is C20H17F2N5OS2. The lowest BCUT2D eigenvalue weighted by molar-refractivity contribution is 0.502. The molecule has 30 heavy (non-hydrogen) atoms. The third kappa shape index (κ3) is 4.60. The van der Waals surface area contributed by atoms with E-state index in [1.807, 2.05) is 24.3 Å². The number of aromatic nitrogens is 3. The molecule has 0 spiro atoms. The molecule has 0 bridgehead atoms. The second-order valence-corrected chi connectivity index (χ2v) is 8.43. The minimum Gasteiger partial charge on any atom is -0.399 e. The van der Waals surface area contributed by atoms with Crippen LogP contribution in [0.15, 0.2) is 52.4 Å². The van der Waals surface area contributed by atoms with Crippen molar-refractivity contribution in [3.05, 3.63) is 75.6 Å². The molecule has 0 aliphatic rings. The second kappa shape index (κ2) is 8.80. The maximum Gasteiger partial charge on any atom is 0.271 e. The smallest absolute Gasteiger partial charge is 0.271 e. The van der Waals surface area contributed by atoms with Crippen LogP contribution >= 0.6 is 23.1 Å². The number of aromatic amines is 1. The molecule has 6 nitrogen and oxygen atoms in total. The van der Waals surface area contributed by atoms with Gasteiger partial charge < -0.3 is 16.0 Å². The van der Waals surface area contributed by atoms with Crippen LogP contribution in [-0.2, 0) is 12.2 Å². The van der Waals surface area contributed by atoms with Gasteiger partial charge in [-0.3, -0.25) is 4.79 Å². The Balaban J connectivity index is 1.44. The summed E-state index contributed by atoms with van der Waals surface area (Å²) in [6.07, 6.45) is 0.778. The predicted molar refractivity (Wildman–Crippen MR) is 117 cm³/mol. The standard InChI is InChI=1S/C20H17F2N5OS2/c21-14-3-1-2-12(15(14)22)10-29-20-26-17-16(18(28)27-20)30-19(25-17)24-9-8-11-4-6-13(23)7-5-11/h1-7H,8-10,23H2,(H2,24,25,26,27,28). The Hall–Kier alpha value is -2.98. The highest BCUT2D eigenvalue weighted by molar-refractivity contribution is 7.98. The molecular weight excluding hydrogens is 428 g/mol. The van der Waals surface area contributed by atoms with Crippen molar-refractivity contribution in [1.29, 1.82) is 0 Å². The summed E-state index contributed by atoms with van der Waals surface area (Å²) in [5.74, 6) is -1.66. The van der Waals surface area contributed by atoms with E-state index in [-0.39, 0.29) is 16.9 Å². The molecule has 0 unspecified atom stereocenters. The normalized spacial score (nSPS) is 11.1. The number of nitrogens with one attached hydrogen (secondary N) is 2. The highest BCUT2D eigenvalue weighted by atomic mass is 32.2. The molecule has 2 heterocycles. The van der Waals surface area contributed by atoms with Gasteiger partial charge in [-0.25, -0.2) is 13.8 Å². The van der Waals surface area contributed by atoms with Crippen LogP contribution in [-0.4, -0.2) is 21.5 Å². The molecule has 0 saturated heterocycles. The summed E-state index contributed by atoms with van der Waals surface area (Å²) in [6, 6.07) is 11.6. The maximum atomic E-state index is 13.8. The Bertz CT molecular complexity index is 1240. The van der Waals surface area contributed by atoms with Crippen molar-refractivity contribution in [2.75, 3.05) is 17.6 Å². The van der Waals surface area contributed by atoms with Gasteiger partial charge in [-0.05, 0) is 30.2 Å². The zero-order chi connectivity index (χ0) is 21.1. The maximum absolute atomic E-state index is 13.8. The third-order valence-electron chi connectivity index (χ3n) is 4.31. The number of hydrogen-bond donors (Lipinski definition) is 3. The number of nitrogens with two attached hydrogens (primary N) is 1. The molecule has 0 fully saturated rings. The van der Waals surface area contributed by atoms with Gasteiger partial charge in [0.25, 0.3) is 5.56 Å². The molecule has 0 atom stereocenters. The Kier molecular flexibility index (Phi) is 5.96. The lowest BCUT2D eigenvalue weighted by atomic mass is 10.1. The van der Waals surface area contributed by atoms with Crippen molar-refractivity contribution in [2.24, 2.45) is 0 Å². The van der Waals surface area contributed by atoms with Crippen molar-refractivity contribution in [3.63, 3.8) is 0 Å². The first-order valence-electron chi connectivity index (χ1n) is 9.04. The number of H-pyrrole nitrogens is 1. The van der Waals surface area contributed by atoms with E-state index in [2.05, 4.69) is 20.3 Å². The molecule has 0 saturated carbocycles. The Morgan fingerprint density at radius 1 is 1.13 bits per heavy atom. The van der Waals surface area contributed by atoms with Gasteiger partial charge >= 0.3 is 0 Å². The van der Waals surface area contributed by atoms with E-state index in [9.17, 15) is 13.6 Å². The summed E-state index contributed by atoms with van der Waals surface area (Å²) in [6.45, 7) is 0.641. The van der Waals surface area contributed by atoms with E-state index < -0.39 is 11.6 Å². The van der Waals surface area contributed by atoms with Gasteiger partial charge in [-0.1, -0.05) is 47.4 Å². The number of benzene rings is 2. The van der Waals surface area contributed by atoms with Crippen molar-refractivity contribution >= 4 is 44.3 Å². The van der Waals surface area contributed by atoms with Gasteiger partial charge in [0.2, 0.25) is 0 Å². The fraction of sp³-hybridized carbons (Fsp3) is 0.150. The highest BCUT2D eigenvalue weighted by Gasteiger charge is 2.13. The van der Waals surface area contributed by atoms with Crippen molar-refractivity contribution < 1.29 is 8.78 Å². The number of nitrogens with zero attached hydrogens (tertiary/aromatic N) is 2. The van der Waals surface area contributed by atoms with Crippen LogP contribution in [0.1, 0.15) is 11.1 Å². The van der Waals surface area contributed by atoms with Crippen molar-refractivity contribution in [2.45, 2.75) is 17.3 Å². The molecule has 2 aromatic carbocycles. The minimum atomic E-state index is -0.904. The molecule has 0 amide bonds. The first-order valence-corrected chi connectivity index (χ1v) is 10.8. The molecule has 4 N–H and O–H groups in total. The Labute approximate surface area is 178 Å². The molecule has 10 heteroatoms. The fourth-order valence-electron chi connectivity index (χ4n) is 2.76. The highest BCUT2D eigenvalue weighted by Crippen LogP contribution is 2.25. The molecule has 154 valence electrons. The fourth-order valence-corrected chi connectivity index (χ4v) is 4.42. The average molecular weight is 446 g/mol. The van der Waals surface area contributed by atoms with E-state index in [0.29, 0.717) is 27.2 Å². The largest absolute Gasteiger partial charge is 0.399 e. The number of halogens is 2. The summed E-state index contributed by atoms with van der Waals surface area (Å²) in [7, 11) is 0. The first kappa shape index (κ1) is 20.3. The topological polar surface area (TPSA) is 96.7 Å². The molecule has 0 aliphatic heterocycles. The zero-order valence-electron chi connectivity index (χ0n) is 15.6. The molecule has 0 aliphatic carbocycles. The number of nitrogen functional groups attached to an aromatic ring is 1. The van der Waals surface area contributed by atoms with Crippen molar-refractivity contribution in [3.8, 4) is 0 Å². The van der Waals surface area contributed by atoms with Crippen LogP contribution in [0.5, 0.6) is 0 Å². The Morgan fingerprint density at radius 3 is 2.73 bits per heavy atom. The number of thiazole rings is 1. The van der Waals surface area contributed by atoms with Crippen LogP contribution < -0.4 is 16.6 Å². The minimum absolute atomic E-state index is 0.134. The number of fused-ring (bicyclic) bond motifs is 1. The van der Waals surface area contributed by atoms with Crippen LogP contribution in [0.4, 0.5) is 19.6 Å². The van der Waals surface area contributed by atoms with Gasteiger partial charge in [0.05, 0.1) is 0 Å². The van der Waals surface area contributed by atoms with Gasteiger partial charge in [0.15, 0.2) is 27.6 Å². The lowest BCUT2D eigenvalue weighted by Gasteiger charge is -2.03. The van der Waals surface area contributed by atoms with E-state index in [4.69, 9.17) is 5.73 Å². The summed E-state index contributed by atoms with van der Waals surface area (Å²) in [4.78, 5) is 23.7. The van der Waals surface area contributed by atoms with E-state index in [1.165, 1.54) is 23.5 Å². The molecule has 0 radical (unpaired) electrons. The average Bonchev–Trinajstić information content (AvgIpc) is 3.14.